The topological polar surface area (TPSA) is 295 Å². The van der Waals surface area contributed by atoms with Crippen LogP contribution in [0, 0.1) is 0 Å². The third-order valence-corrected chi connectivity index (χ3v) is 4.97. The van der Waals surface area contributed by atoms with Crippen LogP contribution in [-0.2, 0) is 19.4 Å². The second-order valence-corrected chi connectivity index (χ2v) is 7.46. The molecule has 1 aromatic rings. The van der Waals surface area contributed by atoms with Gasteiger partial charge in [0.25, 0.3) is 11.5 Å². The summed E-state index contributed by atoms with van der Waals surface area (Å²) >= 11 is 0. The van der Waals surface area contributed by atoms with Crippen LogP contribution in [0.5, 0.6) is 0 Å². The molecule has 1 saturated heterocycles. The van der Waals surface area contributed by atoms with Crippen molar-refractivity contribution >= 4 is 17.8 Å². The Hall–Kier alpha value is -3.35. The lowest BCUT2D eigenvalue weighted by Crippen LogP contribution is -2.51. The Labute approximate surface area is 191 Å². The number of aliphatic hydroxyl groups excluding tert-OH is 2. The molecule has 1 fully saturated rings. The summed E-state index contributed by atoms with van der Waals surface area (Å²) in [4.78, 5) is 55.4. The van der Waals surface area contributed by atoms with E-state index in [-0.39, 0.29) is 23.5 Å². The number of aromatic amines is 2. The minimum atomic E-state index is -1.58. The number of hydrogen-bond acceptors (Lipinski definition) is 10. The molecule has 0 aliphatic carbocycles. The SMILES string of the molecule is NC(N)=NCC(=O)N(O)[C@@H](CCC(N)[O])C(=O)NC[C@H]1O[C@@H](c2c[nH]c(=O)[nH]c2=O)[C@H](O)[C@@H]1O. The van der Waals surface area contributed by atoms with Crippen molar-refractivity contribution in [3.63, 3.8) is 0 Å². The van der Waals surface area contributed by atoms with Gasteiger partial charge in [0.05, 0.1) is 5.56 Å². The Kier molecular flexibility index (Phi) is 9.24. The first-order chi connectivity index (χ1) is 15.9. The number of H-pyrrole nitrogens is 2. The molecule has 0 bridgehead atoms. The Morgan fingerprint density at radius 1 is 1.24 bits per heavy atom. The fourth-order valence-corrected chi connectivity index (χ4v) is 3.22. The molecule has 1 aromatic heterocycles. The average molecular weight is 487 g/mol. The predicted octanol–water partition coefficient (Wildman–Crippen LogP) is -5.30. The largest absolute Gasteiger partial charge is 0.388 e. The molecule has 2 rings (SSSR count). The van der Waals surface area contributed by atoms with Crippen molar-refractivity contribution in [1.29, 1.82) is 0 Å². The molecule has 17 heteroatoms. The summed E-state index contributed by atoms with van der Waals surface area (Å²) in [6.45, 7) is -1.08. The first-order valence-corrected chi connectivity index (χ1v) is 10.0. The van der Waals surface area contributed by atoms with Gasteiger partial charge in [-0.2, -0.15) is 0 Å². The zero-order chi connectivity index (χ0) is 25.6. The van der Waals surface area contributed by atoms with Crippen LogP contribution in [0.15, 0.2) is 20.8 Å². The predicted molar refractivity (Wildman–Crippen MR) is 111 cm³/mol. The van der Waals surface area contributed by atoms with Gasteiger partial charge in [-0.25, -0.2) is 20.0 Å². The van der Waals surface area contributed by atoms with Crippen molar-refractivity contribution in [3.05, 3.63) is 32.6 Å². The second-order valence-electron chi connectivity index (χ2n) is 7.46. The van der Waals surface area contributed by atoms with E-state index in [0.29, 0.717) is 0 Å². The van der Waals surface area contributed by atoms with E-state index in [1.807, 2.05) is 4.98 Å². The second kappa shape index (κ2) is 11.7. The molecule has 12 N–H and O–H groups in total. The maximum Gasteiger partial charge on any atom is 0.325 e. The minimum Gasteiger partial charge on any atom is -0.388 e. The molecule has 1 radical (unpaired) electrons. The lowest BCUT2D eigenvalue weighted by atomic mass is 10.0. The number of amides is 2. The van der Waals surface area contributed by atoms with Crippen LogP contribution < -0.4 is 33.8 Å². The molecule has 189 valence electrons. The molecule has 2 amide bonds. The van der Waals surface area contributed by atoms with E-state index >= 15 is 0 Å². The van der Waals surface area contributed by atoms with E-state index < -0.39 is 78.8 Å². The van der Waals surface area contributed by atoms with Crippen LogP contribution in [0.4, 0.5) is 0 Å². The number of aromatic nitrogens is 2. The van der Waals surface area contributed by atoms with E-state index in [2.05, 4.69) is 15.3 Å². The third-order valence-electron chi connectivity index (χ3n) is 4.97. The number of aliphatic hydroxyl groups is 2. The van der Waals surface area contributed by atoms with Gasteiger partial charge in [0.15, 0.2) is 5.96 Å². The monoisotopic (exact) mass is 487 g/mol. The highest BCUT2D eigenvalue weighted by molar-refractivity contribution is 5.88. The van der Waals surface area contributed by atoms with Gasteiger partial charge in [-0.05, 0) is 12.8 Å². The summed E-state index contributed by atoms with van der Waals surface area (Å²) in [5, 5.41) is 44.3. The number of nitrogens with two attached hydrogens (primary N) is 3. The summed E-state index contributed by atoms with van der Waals surface area (Å²) in [5.41, 5.74) is 13.6. The number of carbonyl (C=O) groups is 2. The average Bonchev–Trinajstić information content (AvgIpc) is 3.04. The van der Waals surface area contributed by atoms with E-state index in [9.17, 15) is 39.7 Å². The van der Waals surface area contributed by atoms with E-state index in [1.165, 1.54) is 0 Å². The summed E-state index contributed by atoms with van der Waals surface area (Å²) in [7, 11) is 0. The number of ether oxygens (including phenoxy) is 1. The van der Waals surface area contributed by atoms with Crippen molar-refractivity contribution in [2.45, 2.75) is 49.5 Å². The lowest BCUT2D eigenvalue weighted by Gasteiger charge is -2.26. The van der Waals surface area contributed by atoms with Crippen LogP contribution in [0.1, 0.15) is 24.5 Å². The fraction of sp³-hybridized carbons (Fsp3) is 0.588. The lowest BCUT2D eigenvalue weighted by molar-refractivity contribution is -0.179. The number of nitrogens with one attached hydrogen (secondary N) is 3. The fourth-order valence-electron chi connectivity index (χ4n) is 3.22. The van der Waals surface area contributed by atoms with Crippen molar-refractivity contribution in [2.24, 2.45) is 22.2 Å². The van der Waals surface area contributed by atoms with Gasteiger partial charge in [0.2, 0.25) is 5.91 Å². The molecular formula is C17H27N8O9. The Balaban J connectivity index is 2.08. The quantitative estimate of drug-likeness (QED) is 0.0493. The van der Waals surface area contributed by atoms with Gasteiger partial charge < -0.3 is 42.5 Å². The van der Waals surface area contributed by atoms with Crippen LogP contribution in [0.3, 0.4) is 0 Å². The maximum atomic E-state index is 12.6. The smallest absolute Gasteiger partial charge is 0.325 e. The van der Waals surface area contributed by atoms with Gasteiger partial charge in [0.1, 0.15) is 43.2 Å². The summed E-state index contributed by atoms with van der Waals surface area (Å²) in [6.07, 6.45) is -6.78. The molecule has 0 spiro atoms. The molecule has 1 unspecified atom stereocenters. The number of hydrogen-bond donors (Lipinski definition) is 9. The first-order valence-electron chi connectivity index (χ1n) is 10.0. The van der Waals surface area contributed by atoms with Gasteiger partial charge in [0, 0.05) is 12.7 Å². The van der Waals surface area contributed by atoms with Gasteiger partial charge in [-0.3, -0.25) is 24.6 Å². The van der Waals surface area contributed by atoms with Crippen molar-refractivity contribution < 1.29 is 34.9 Å². The molecule has 17 nitrogen and oxygen atoms in total. The zero-order valence-corrected chi connectivity index (χ0v) is 17.8. The molecule has 2 heterocycles. The molecular weight excluding hydrogens is 460 g/mol. The molecule has 34 heavy (non-hydrogen) atoms. The Morgan fingerprint density at radius 2 is 1.91 bits per heavy atom. The molecule has 0 saturated carbocycles. The Morgan fingerprint density at radius 3 is 2.50 bits per heavy atom. The zero-order valence-electron chi connectivity index (χ0n) is 17.8. The summed E-state index contributed by atoms with van der Waals surface area (Å²) < 4.78 is 5.48. The van der Waals surface area contributed by atoms with E-state index in [1.54, 1.807) is 0 Å². The van der Waals surface area contributed by atoms with Crippen LogP contribution in [0.2, 0.25) is 0 Å². The van der Waals surface area contributed by atoms with Gasteiger partial charge in [-0.1, -0.05) is 0 Å². The number of nitrogens with zero attached hydrogens (tertiary/aromatic N) is 2. The Bertz CT molecular complexity index is 1010. The van der Waals surface area contributed by atoms with E-state index in [0.717, 1.165) is 6.20 Å². The maximum absolute atomic E-state index is 12.6. The van der Waals surface area contributed by atoms with Crippen LogP contribution in [0.25, 0.3) is 0 Å². The summed E-state index contributed by atoms with van der Waals surface area (Å²) in [6, 6.07) is -1.55. The van der Waals surface area contributed by atoms with Gasteiger partial charge >= 0.3 is 5.69 Å². The van der Waals surface area contributed by atoms with Gasteiger partial charge in [-0.15, -0.1) is 0 Å². The summed E-state index contributed by atoms with van der Waals surface area (Å²) in [5.74, 6) is -2.40. The number of rotatable bonds is 10. The molecule has 6 atom stereocenters. The van der Waals surface area contributed by atoms with Crippen LogP contribution in [-0.4, -0.2) is 91.9 Å². The minimum absolute atomic E-state index is 0.0631. The number of hydroxylamine groups is 2. The van der Waals surface area contributed by atoms with Crippen molar-refractivity contribution in [2.75, 3.05) is 13.1 Å². The highest BCUT2D eigenvalue weighted by atomic mass is 16.5. The highest BCUT2D eigenvalue weighted by Crippen LogP contribution is 2.31. The molecule has 1 aliphatic heterocycles. The third kappa shape index (κ3) is 6.83. The highest BCUT2D eigenvalue weighted by Gasteiger charge is 2.44. The number of aliphatic imine (C=N–C) groups is 1. The van der Waals surface area contributed by atoms with Crippen molar-refractivity contribution in [3.8, 4) is 0 Å². The van der Waals surface area contributed by atoms with Crippen molar-refractivity contribution in [1.82, 2.24) is 20.3 Å². The molecule has 0 aromatic carbocycles. The van der Waals surface area contributed by atoms with Crippen LogP contribution >= 0.6 is 0 Å². The standard InChI is InChI=1S/C17H27N8O9/c18-9(26)2-1-7(25(33)10(27)5-22-16(19)20)15(31)21-4-8-11(28)12(29)13(34-8)6-3-23-17(32)24-14(6)30/h3,7-9,11-13,28-29,33H,1-2,4-5,18H2,(H,21,31)(H4,19,20,22)(H2,23,24,30,32)/t7-,8+,9?,11+,12+,13-/m0/s1. The first kappa shape index (κ1) is 26.9. The molecule has 1 aliphatic rings. The van der Waals surface area contributed by atoms with E-state index in [4.69, 9.17) is 21.9 Å². The normalized spacial score (nSPS) is 23.7. The number of guanidine groups is 1. The number of carbonyl (C=O) groups excluding carboxylic acids is 2.